The largest absolute Gasteiger partial charge is 0.481 e. The first kappa shape index (κ1) is 17.5. The van der Waals surface area contributed by atoms with Gasteiger partial charge in [-0.05, 0) is 31.2 Å². The number of nitrogens with one attached hydrogen (secondary N) is 1. The lowest BCUT2D eigenvalue weighted by Gasteiger charge is -2.30. The van der Waals surface area contributed by atoms with E-state index in [0.29, 0.717) is 19.4 Å². The number of carbonyl (C=O) groups is 2. The number of ether oxygens (including phenoxy) is 1. The number of rotatable bonds is 9. The van der Waals surface area contributed by atoms with Crippen molar-refractivity contribution in [2.24, 2.45) is 5.41 Å². The van der Waals surface area contributed by atoms with Gasteiger partial charge in [0.2, 0.25) is 5.91 Å². The van der Waals surface area contributed by atoms with Gasteiger partial charge in [-0.2, -0.15) is 0 Å². The van der Waals surface area contributed by atoms with E-state index in [9.17, 15) is 14.7 Å². The highest BCUT2D eigenvalue weighted by Crippen LogP contribution is 2.49. The molecule has 1 aromatic rings. The fourth-order valence-corrected chi connectivity index (χ4v) is 3.00. The standard InChI is InChI=1S/C18H25NO4/c1-3-18(16(21)22,14-7-5-4-6-8-14)13-19-15(20)17(9-10-17)11-12-23-2/h4-8H,3,9-13H2,1-2H3,(H,19,20)(H,21,22). The monoisotopic (exact) mass is 319 g/mol. The zero-order chi connectivity index (χ0) is 16.9. The molecule has 2 rings (SSSR count). The minimum Gasteiger partial charge on any atom is -0.481 e. The maximum absolute atomic E-state index is 12.5. The molecule has 1 amide bonds. The highest BCUT2D eigenvalue weighted by Gasteiger charge is 2.50. The van der Waals surface area contributed by atoms with Gasteiger partial charge < -0.3 is 15.2 Å². The first-order valence-corrected chi connectivity index (χ1v) is 8.07. The van der Waals surface area contributed by atoms with Crippen molar-refractivity contribution in [1.82, 2.24) is 5.32 Å². The Balaban J connectivity index is 2.11. The molecule has 0 heterocycles. The third kappa shape index (κ3) is 3.55. The molecule has 0 radical (unpaired) electrons. The van der Waals surface area contributed by atoms with Crippen molar-refractivity contribution >= 4 is 11.9 Å². The van der Waals surface area contributed by atoms with E-state index in [-0.39, 0.29) is 17.9 Å². The number of carboxylic acid groups (broad SMARTS) is 1. The molecule has 1 unspecified atom stereocenters. The van der Waals surface area contributed by atoms with Gasteiger partial charge in [-0.3, -0.25) is 9.59 Å². The molecule has 0 bridgehead atoms. The van der Waals surface area contributed by atoms with Crippen LogP contribution in [0.15, 0.2) is 30.3 Å². The third-order valence-electron chi connectivity index (χ3n) is 5.01. The zero-order valence-electron chi connectivity index (χ0n) is 13.8. The summed E-state index contributed by atoms with van der Waals surface area (Å²) in [7, 11) is 1.62. The molecule has 1 fully saturated rings. The summed E-state index contributed by atoms with van der Waals surface area (Å²) in [5.41, 5.74) is -0.726. The average molecular weight is 319 g/mol. The number of hydrogen-bond acceptors (Lipinski definition) is 3. The van der Waals surface area contributed by atoms with Crippen LogP contribution in [0.2, 0.25) is 0 Å². The van der Waals surface area contributed by atoms with Gasteiger partial charge in [-0.15, -0.1) is 0 Å². The Labute approximate surface area is 137 Å². The maximum atomic E-state index is 12.5. The Morgan fingerprint density at radius 3 is 2.43 bits per heavy atom. The molecule has 5 nitrogen and oxygen atoms in total. The normalized spacial score (nSPS) is 18.0. The molecular weight excluding hydrogens is 294 g/mol. The number of benzene rings is 1. The lowest BCUT2D eigenvalue weighted by Crippen LogP contribution is -2.48. The lowest BCUT2D eigenvalue weighted by atomic mass is 9.78. The topological polar surface area (TPSA) is 75.6 Å². The molecule has 0 aliphatic heterocycles. The van der Waals surface area contributed by atoms with Crippen LogP contribution in [0.3, 0.4) is 0 Å². The molecule has 0 saturated heterocycles. The summed E-state index contributed by atoms with van der Waals surface area (Å²) < 4.78 is 5.07. The zero-order valence-corrected chi connectivity index (χ0v) is 13.8. The Morgan fingerprint density at radius 2 is 1.96 bits per heavy atom. The molecule has 1 atom stereocenters. The molecule has 126 valence electrons. The molecular formula is C18H25NO4. The van der Waals surface area contributed by atoms with Crippen LogP contribution < -0.4 is 5.32 Å². The first-order chi connectivity index (χ1) is 11.0. The summed E-state index contributed by atoms with van der Waals surface area (Å²) in [5.74, 6) is -0.960. The van der Waals surface area contributed by atoms with Gasteiger partial charge in [0.1, 0.15) is 5.41 Å². The number of hydrogen-bond donors (Lipinski definition) is 2. The van der Waals surface area contributed by atoms with Crippen molar-refractivity contribution in [2.45, 2.75) is 38.0 Å². The Kier molecular flexibility index (Phi) is 5.42. The first-order valence-electron chi connectivity index (χ1n) is 8.07. The highest BCUT2D eigenvalue weighted by molar-refractivity contribution is 5.87. The Hall–Kier alpha value is -1.88. The number of methoxy groups -OCH3 is 1. The quantitative estimate of drug-likeness (QED) is 0.732. The van der Waals surface area contributed by atoms with Crippen LogP contribution >= 0.6 is 0 Å². The second-order valence-electron chi connectivity index (χ2n) is 6.31. The fraction of sp³-hybridized carbons (Fsp3) is 0.556. The van der Waals surface area contributed by atoms with Crippen LogP contribution in [0.1, 0.15) is 38.2 Å². The van der Waals surface area contributed by atoms with Crippen molar-refractivity contribution in [3.63, 3.8) is 0 Å². The molecule has 5 heteroatoms. The minimum atomic E-state index is -1.09. The second kappa shape index (κ2) is 7.13. The molecule has 1 aliphatic rings. The van der Waals surface area contributed by atoms with Gasteiger partial charge in [-0.1, -0.05) is 37.3 Å². The van der Waals surface area contributed by atoms with Crippen LogP contribution in [0.4, 0.5) is 0 Å². The molecule has 1 aromatic carbocycles. The van der Waals surface area contributed by atoms with E-state index in [1.807, 2.05) is 37.3 Å². The third-order valence-corrected chi connectivity index (χ3v) is 5.01. The van der Waals surface area contributed by atoms with E-state index >= 15 is 0 Å². The van der Waals surface area contributed by atoms with Crippen molar-refractivity contribution in [2.75, 3.05) is 20.3 Å². The molecule has 1 aliphatic carbocycles. The number of carboxylic acids is 1. The van der Waals surface area contributed by atoms with E-state index < -0.39 is 11.4 Å². The number of carbonyl (C=O) groups excluding carboxylic acids is 1. The number of amides is 1. The Morgan fingerprint density at radius 1 is 1.30 bits per heavy atom. The predicted molar refractivity (Wildman–Crippen MR) is 87.2 cm³/mol. The summed E-state index contributed by atoms with van der Waals surface area (Å²) in [6.45, 7) is 2.49. The molecule has 0 spiro atoms. The van der Waals surface area contributed by atoms with Crippen LogP contribution in [-0.4, -0.2) is 37.2 Å². The lowest BCUT2D eigenvalue weighted by molar-refractivity contribution is -0.144. The van der Waals surface area contributed by atoms with Gasteiger partial charge in [0.15, 0.2) is 0 Å². The molecule has 23 heavy (non-hydrogen) atoms. The SMILES string of the molecule is CCC(CNC(=O)C1(CCOC)CC1)(C(=O)O)c1ccccc1. The van der Waals surface area contributed by atoms with Crippen LogP contribution in [0.25, 0.3) is 0 Å². The van der Waals surface area contributed by atoms with E-state index in [0.717, 1.165) is 18.4 Å². The van der Waals surface area contributed by atoms with E-state index in [2.05, 4.69) is 5.32 Å². The van der Waals surface area contributed by atoms with E-state index in [4.69, 9.17) is 4.74 Å². The molecule has 0 aromatic heterocycles. The highest BCUT2D eigenvalue weighted by atomic mass is 16.5. The second-order valence-corrected chi connectivity index (χ2v) is 6.31. The van der Waals surface area contributed by atoms with Gasteiger partial charge in [-0.25, -0.2) is 0 Å². The van der Waals surface area contributed by atoms with E-state index in [1.165, 1.54) is 0 Å². The van der Waals surface area contributed by atoms with Gasteiger partial charge in [0.25, 0.3) is 0 Å². The van der Waals surface area contributed by atoms with E-state index in [1.54, 1.807) is 7.11 Å². The summed E-state index contributed by atoms with van der Waals surface area (Å²) in [6.07, 6.45) is 2.80. The summed E-state index contributed by atoms with van der Waals surface area (Å²) in [6, 6.07) is 9.12. The molecule has 1 saturated carbocycles. The van der Waals surface area contributed by atoms with Crippen LogP contribution in [0.5, 0.6) is 0 Å². The summed E-state index contributed by atoms with van der Waals surface area (Å²) in [4.78, 5) is 24.4. The van der Waals surface area contributed by atoms with Crippen molar-refractivity contribution < 1.29 is 19.4 Å². The minimum absolute atomic E-state index is 0.0513. The molecule has 2 N–H and O–H groups in total. The van der Waals surface area contributed by atoms with Crippen molar-refractivity contribution in [1.29, 1.82) is 0 Å². The Bertz CT molecular complexity index is 553. The average Bonchev–Trinajstić information content (AvgIpc) is 3.35. The van der Waals surface area contributed by atoms with Gasteiger partial charge in [0, 0.05) is 20.3 Å². The van der Waals surface area contributed by atoms with Gasteiger partial charge in [0.05, 0.1) is 5.41 Å². The van der Waals surface area contributed by atoms with Gasteiger partial charge >= 0.3 is 5.97 Å². The van der Waals surface area contributed by atoms with Crippen molar-refractivity contribution in [3.8, 4) is 0 Å². The summed E-state index contributed by atoms with van der Waals surface area (Å²) >= 11 is 0. The van der Waals surface area contributed by atoms with Crippen molar-refractivity contribution in [3.05, 3.63) is 35.9 Å². The predicted octanol–water partition coefficient (Wildman–Crippen LogP) is 2.35. The fourth-order valence-electron chi connectivity index (χ4n) is 3.00. The maximum Gasteiger partial charge on any atom is 0.315 e. The van der Waals surface area contributed by atoms with Crippen LogP contribution in [-0.2, 0) is 19.7 Å². The summed E-state index contributed by atoms with van der Waals surface area (Å²) in [5, 5.41) is 12.7. The number of aliphatic carboxylic acids is 1. The van der Waals surface area contributed by atoms with Crippen LogP contribution in [0, 0.1) is 5.41 Å². The smallest absolute Gasteiger partial charge is 0.315 e.